The molecule has 2 heteroatoms. The summed E-state index contributed by atoms with van der Waals surface area (Å²) in [6.07, 6.45) is 18.1. The largest absolute Gasteiger partial charge is 0.315 e. The van der Waals surface area contributed by atoms with E-state index in [0.29, 0.717) is 0 Å². The molecule has 0 aromatic heterocycles. The van der Waals surface area contributed by atoms with Crippen LogP contribution in [0.4, 0.5) is 5.69 Å². The fraction of sp³-hybridized carbons (Fsp3) is 0.167. The van der Waals surface area contributed by atoms with Gasteiger partial charge in [-0.25, -0.2) is 0 Å². The lowest BCUT2D eigenvalue weighted by Crippen LogP contribution is -2.27. The first-order valence-corrected chi connectivity index (χ1v) is 11.0. The van der Waals surface area contributed by atoms with Crippen LogP contribution in [0.5, 0.6) is 0 Å². The van der Waals surface area contributed by atoms with Gasteiger partial charge in [0.15, 0.2) is 0 Å². The van der Waals surface area contributed by atoms with Crippen LogP contribution in [0.3, 0.4) is 0 Å². The van der Waals surface area contributed by atoms with Crippen LogP contribution in [0.25, 0.3) is 0 Å². The molecular formula is C24H25NSi. The lowest BCUT2D eigenvalue weighted by Gasteiger charge is -2.30. The molecule has 0 N–H and O–H groups in total. The summed E-state index contributed by atoms with van der Waals surface area (Å²) in [5, 5.41) is 2.99. The summed E-state index contributed by atoms with van der Waals surface area (Å²) in [5.74, 6) is 0. The van der Waals surface area contributed by atoms with E-state index in [2.05, 4.69) is 96.0 Å². The van der Waals surface area contributed by atoms with Crippen molar-refractivity contribution in [1.82, 2.24) is 0 Å². The van der Waals surface area contributed by atoms with E-state index in [0.717, 1.165) is 25.7 Å². The molecule has 2 aliphatic carbocycles. The molecule has 0 unspecified atom stereocenters. The second kappa shape index (κ2) is 8.20. The minimum absolute atomic E-state index is 0.394. The van der Waals surface area contributed by atoms with Gasteiger partial charge in [-0.1, -0.05) is 77.1 Å². The lowest BCUT2D eigenvalue weighted by molar-refractivity contribution is 0.887. The molecule has 0 bridgehead atoms. The van der Waals surface area contributed by atoms with Gasteiger partial charge in [-0.3, -0.25) is 0 Å². The van der Waals surface area contributed by atoms with Gasteiger partial charge in [0.25, 0.3) is 0 Å². The number of nitrogens with zero attached hydrogens (tertiary/aromatic N) is 1. The van der Waals surface area contributed by atoms with E-state index in [4.69, 9.17) is 0 Å². The van der Waals surface area contributed by atoms with Crippen molar-refractivity contribution in [3.63, 3.8) is 0 Å². The molecule has 0 amide bonds. The predicted octanol–water partition coefficient (Wildman–Crippen LogP) is 4.08. The molecular weight excluding hydrogens is 330 g/mol. The summed E-state index contributed by atoms with van der Waals surface area (Å²) in [5.41, 5.74) is 3.97. The van der Waals surface area contributed by atoms with Gasteiger partial charge >= 0.3 is 0 Å². The van der Waals surface area contributed by atoms with E-state index < -0.39 is 9.52 Å². The summed E-state index contributed by atoms with van der Waals surface area (Å²) in [6, 6.07) is 20.1. The summed E-state index contributed by atoms with van der Waals surface area (Å²) in [6.45, 7) is 0. The third kappa shape index (κ3) is 3.97. The maximum atomic E-state index is 2.44. The van der Waals surface area contributed by atoms with Crippen molar-refractivity contribution in [1.29, 1.82) is 0 Å². The summed E-state index contributed by atoms with van der Waals surface area (Å²) in [7, 11) is -0.394. The van der Waals surface area contributed by atoms with Gasteiger partial charge in [-0.05, 0) is 50.0 Å². The Kier molecular flexibility index (Phi) is 5.32. The predicted molar refractivity (Wildman–Crippen MR) is 116 cm³/mol. The first kappa shape index (κ1) is 16.9. The van der Waals surface area contributed by atoms with Crippen molar-refractivity contribution in [3.05, 3.63) is 102 Å². The van der Waals surface area contributed by atoms with E-state index >= 15 is 0 Å². The average Bonchev–Trinajstić information content (AvgIpc) is 2.72. The van der Waals surface area contributed by atoms with Crippen LogP contribution in [0, 0.1) is 0 Å². The molecule has 0 fully saturated rings. The third-order valence-corrected chi connectivity index (χ3v) is 6.72. The quantitative estimate of drug-likeness (QED) is 0.731. The van der Waals surface area contributed by atoms with Gasteiger partial charge in [0.2, 0.25) is 0 Å². The molecule has 0 radical (unpaired) electrons. The molecule has 0 atom stereocenters. The summed E-state index contributed by atoms with van der Waals surface area (Å²) >= 11 is 0. The van der Waals surface area contributed by atoms with Gasteiger partial charge in [0.1, 0.15) is 0 Å². The molecule has 0 spiro atoms. The minimum Gasteiger partial charge on any atom is -0.315 e. The number of hydrogen-bond donors (Lipinski definition) is 0. The Morgan fingerprint density at radius 2 is 1.58 bits per heavy atom. The summed E-state index contributed by atoms with van der Waals surface area (Å²) < 4.78 is 0. The lowest BCUT2D eigenvalue weighted by atomic mass is 10.1. The van der Waals surface area contributed by atoms with E-state index in [1.165, 1.54) is 27.5 Å². The molecule has 0 saturated carbocycles. The Labute approximate surface area is 158 Å². The van der Waals surface area contributed by atoms with Crippen LogP contribution in [0.1, 0.15) is 25.7 Å². The molecule has 26 heavy (non-hydrogen) atoms. The third-order valence-electron chi connectivity index (χ3n) is 4.96. The van der Waals surface area contributed by atoms with Crippen molar-refractivity contribution in [2.75, 3.05) is 4.90 Å². The Morgan fingerprint density at radius 3 is 2.27 bits per heavy atom. The highest BCUT2D eigenvalue weighted by Gasteiger charge is 2.17. The van der Waals surface area contributed by atoms with Crippen LogP contribution in [-0.2, 0) is 0 Å². The monoisotopic (exact) mass is 355 g/mol. The minimum atomic E-state index is -0.394. The second-order valence-electron chi connectivity index (χ2n) is 6.90. The average molecular weight is 356 g/mol. The van der Waals surface area contributed by atoms with Crippen molar-refractivity contribution in [3.8, 4) is 0 Å². The molecule has 130 valence electrons. The van der Waals surface area contributed by atoms with Crippen molar-refractivity contribution in [2.24, 2.45) is 0 Å². The Morgan fingerprint density at radius 1 is 0.769 bits per heavy atom. The zero-order valence-electron chi connectivity index (χ0n) is 15.1. The van der Waals surface area contributed by atoms with Gasteiger partial charge in [0.05, 0.1) is 9.52 Å². The highest BCUT2D eigenvalue weighted by molar-refractivity contribution is 6.67. The zero-order valence-corrected chi connectivity index (χ0v) is 16.6. The zero-order chi connectivity index (χ0) is 17.6. The van der Waals surface area contributed by atoms with E-state index in [9.17, 15) is 0 Å². The van der Waals surface area contributed by atoms with E-state index in [-0.39, 0.29) is 0 Å². The maximum Gasteiger partial charge on any atom is 0.0875 e. The molecule has 4 rings (SSSR count). The van der Waals surface area contributed by atoms with Crippen LogP contribution in [-0.4, -0.2) is 9.52 Å². The molecule has 0 saturated heterocycles. The maximum absolute atomic E-state index is 2.44. The first-order valence-electron chi connectivity index (χ1n) is 9.55. The fourth-order valence-corrected chi connectivity index (χ4v) is 5.07. The molecule has 1 nitrogen and oxygen atoms in total. The molecule has 2 aliphatic rings. The number of benzene rings is 2. The number of hydrogen-bond acceptors (Lipinski definition) is 1. The van der Waals surface area contributed by atoms with Crippen LogP contribution in [0.2, 0.25) is 0 Å². The smallest absolute Gasteiger partial charge is 0.0875 e. The standard InChI is InChI=1S/C24H25NSi/c1-4-10-20(11-5-1)25(21-12-6-2-7-13-21)22-16-18-24(19-17-22)26-23-14-8-3-9-15-23/h1,3-4,6,8-10,12-19H,2,5,7,11,26H2. The molecule has 0 aliphatic heterocycles. The van der Waals surface area contributed by atoms with Crippen LogP contribution >= 0.6 is 0 Å². The van der Waals surface area contributed by atoms with Crippen LogP contribution < -0.4 is 15.3 Å². The van der Waals surface area contributed by atoms with Gasteiger partial charge in [0, 0.05) is 17.1 Å². The van der Waals surface area contributed by atoms with E-state index in [1.807, 2.05) is 0 Å². The van der Waals surface area contributed by atoms with Crippen molar-refractivity contribution < 1.29 is 0 Å². The number of rotatable bonds is 5. The second-order valence-corrected chi connectivity index (χ2v) is 8.88. The Hall–Kier alpha value is -2.58. The molecule has 0 heterocycles. The highest BCUT2D eigenvalue weighted by atomic mass is 28.2. The van der Waals surface area contributed by atoms with Crippen LogP contribution in [0.15, 0.2) is 102 Å². The molecule has 2 aromatic rings. The number of anilines is 1. The SMILES string of the molecule is C1=CCCC(N(C2=CCCC=C2)c2ccc([SiH2]c3ccccc3)cc2)=C1. The van der Waals surface area contributed by atoms with Crippen molar-refractivity contribution >= 4 is 25.6 Å². The van der Waals surface area contributed by atoms with Gasteiger partial charge in [-0.15, -0.1) is 0 Å². The topological polar surface area (TPSA) is 3.24 Å². The highest BCUT2D eigenvalue weighted by Crippen LogP contribution is 2.30. The Balaban J connectivity index is 1.61. The fourth-order valence-electron chi connectivity index (χ4n) is 3.62. The number of allylic oxidation sites excluding steroid dienone is 7. The normalized spacial score (nSPS) is 16.6. The molecule has 2 aromatic carbocycles. The van der Waals surface area contributed by atoms with E-state index in [1.54, 1.807) is 0 Å². The van der Waals surface area contributed by atoms with Gasteiger partial charge < -0.3 is 4.90 Å². The summed E-state index contributed by atoms with van der Waals surface area (Å²) in [4.78, 5) is 2.44. The van der Waals surface area contributed by atoms with Crippen molar-refractivity contribution in [2.45, 2.75) is 25.7 Å². The first-order chi connectivity index (χ1) is 12.9. The van der Waals surface area contributed by atoms with Gasteiger partial charge in [-0.2, -0.15) is 0 Å². The Bertz CT molecular complexity index is 857.